The molecule has 0 spiro atoms. The lowest BCUT2D eigenvalue weighted by atomic mass is 9.84. The molecule has 2 aromatic carbocycles. The van der Waals surface area contributed by atoms with Crippen molar-refractivity contribution in [2.45, 2.75) is 63.4 Å². The van der Waals surface area contributed by atoms with Gasteiger partial charge in [0, 0.05) is 41.2 Å². The van der Waals surface area contributed by atoms with Crippen molar-refractivity contribution in [2.24, 2.45) is 0 Å². The average Bonchev–Trinajstić information content (AvgIpc) is 3.43. The topological polar surface area (TPSA) is 97.5 Å². The van der Waals surface area contributed by atoms with Crippen LogP contribution in [0.25, 0.3) is 10.9 Å². The Morgan fingerprint density at radius 1 is 1.11 bits per heavy atom. The number of hydrogen-bond acceptors (Lipinski definition) is 4. The van der Waals surface area contributed by atoms with Gasteiger partial charge in [0.1, 0.15) is 23.3 Å². The summed E-state index contributed by atoms with van der Waals surface area (Å²) in [7, 11) is 0. The molecule has 4 atom stereocenters. The van der Waals surface area contributed by atoms with Crippen LogP contribution >= 0.6 is 0 Å². The maximum atomic E-state index is 13.8. The molecule has 0 aliphatic carbocycles. The molecule has 3 aromatic rings. The first-order valence-corrected chi connectivity index (χ1v) is 12.2. The van der Waals surface area contributed by atoms with Crippen LogP contribution in [0, 0.1) is 0 Å². The zero-order valence-electron chi connectivity index (χ0n) is 20.2. The van der Waals surface area contributed by atoms with Crippen molar-refractivity contribution in [2.75, 3.05) is 5.32 Å². The summed E-state index contributed by atoms with van der Waals surface area (Å²) in [5.41, 5.74) is 3.61. The fourth-order valence-corrected chi connectivity index (χ4v) is 6.16. The van der Waals surface area contributed by atoms with Gasteiger partial charge in [0.2, 0.25) is 11.8 Å². The van der Waals surface area contributed by atoms with Crippen LogP contribution in [0.15, 0.2) is 60.3 Å². The van der Waals surface area contributed by atoms with E-state index in [2.05, 4.69) is 47.7 Å². The Morgan fingerprint density at radius 2 is 1.91 bits per heavy atom. The zero-order valence-corrected chi connectivity index (χ0v) is 20.2. The minimum Gasteiger partial charge on any atom is -0.381 e. The van der Waals surface area contributed by atoms with Gasteiger partial charge in [-0.1, -0.05) is 48.0 Å². The first-order chi connectivity index (χ1) is 16.7. The Balaban J connectivity index is 1.32. The van der Waals surface area contributed by atoms with Gasteiger partial charge in [-0.25, -0.2) is 0 Å². The van der Waals surface area contributed by atoms with Crippen LogP contribution in [0.2, 0.25) is 0 Å². The second kappa shape index (κ2) is 7.46. The van der Waals surface area contributed by atoms with Crippen LogP contribution in [0.1, 0.15) is 43.9 Å². The molecule has 0 saturated carbocycles. The molecule has 3 aliphatic rings. The number of carbonyl (C=O) groups excluding carboxylic acids is 2. The Morgan fingerprint density at radius 3 is 2.71 bits per heavy atom. The van der Waals surface area contributed by atoms with Crippen molar-refractivity contribution in [3.8, 4) is 0 Å². The van der Waals surface area contributed by atoms with Gasteiger partial charge in [-0.3, -0.25) is 9.59 Å². The predicted octanol–water partition coefficient (Wildman–Crippen LogP) is 3.35. The fraction of sp³-hybridized carbons (Fsp3) is 0.357. The number of fused-ring (bicyclic) bond motifs is 6. The molecule has 4 N–H and O–H groups in total. The van der Waals surface area contributed by atoms with Crippen molar-refractivity contribution in [3.63, 3.8) is 0 Å². The highest BCUT2D eigenvalue weighted by Gasteiger charge is 2.68. The largest absolute Gasteiger partial charge is 0.381 e. The van der Waals surface area contributed by atoms with E-state index in [0.717, 1.165) is 34.1 Å². The van der Waals surface area contributed by atoms with Crippen LogP contribution in [-0.2, 0) is 28.0 Å². The smallest absolute Gasteiger partial charge is 0.248 e. The Labute approximate surface area is 204 Å². The molecule has 0 bridgehead atoms. The summed E-state index contributed by atoms with van der Waals surface area (Å²) in [4.78, 5) is 32.2. The van der Waals surface area contributed by atoms with Gasteiger partial charge in [-0.15, -0.1) is 0 Å². The van der Waals surface area contributed by atoms with Crippen molar-refractivity contribution >= 4 is 28.4 Å². The van der Waals surface area contributed by atoms with Crippen molar-refractivity contribution in [3.05, 3.63) is 77.0 Å². The number of aromatic nitrogens is 1. The normalized spacial score (nSPS) is 28.9. The summed E-state index contributed by atoms with van der Waals surface area (Å²) < 4.78 is 0. The third kappa shape index (κ3) is 3.07. The lowest BCUT2D eigenvalue weighted by molar-refractivity contribution is -0.155. The molecule has 7 nitrogen and oxygen atoms in total. The number of piperazine rings is 1. The number of rotatable bonds is 4. The van der Waals surface area contributed by atoms with E-state index < -0.39 is 23.3 Å². The first-order valence-electron chi connectivity index (χ1n) is 12.2. The standard InChI is InChI=1S/C28H30N4O3/c1-16(2)11-12-17-7-6-8-19-18(14-29-23(17)19)13-22-24(33)32-25-28(35,15-27(32,3)26(34)31-22)20-9-4-5-10-21(20)30-25/h4-11,14,22,25,29-30,35H,12-13,15H2,1-3H3,(H,31,34). The first kappa shape index (κ1) is 21.9. The van der Waals surface area contributed by atoms with Crippen molar-refractivity contribution in [1.29, 1.82) is 0 Å². The monoisotopic (exact) mass is 470 g/mol. The summed E-state index contributed by atoms with van der Waals surface area (Å²) in [5.74, 6) is -0.406. The number of nitrogens with zero attached hydrogens (tertiary/aromatic N) is 1. The van der Waals surface area contributed by atoms with E-state index in [9.17, 15) is 14.7 Å². The molecule has 4 unspecified atom stereocenters. The van der Waals surface area contributed by atoms with Crippen molar-refractivity contribution < 1.29 is 14.7 Å². The zero-order chi connectivity index (χ0) is 24.5. The van der Waals surface area contributed by atoms with Gasteiger partial charge >= 0.3 is 0 Å². The number of carbonyl (C=O) groups is 2. The average molecular weight is 471 g/mol. The van der Waals surface area contributed by atoms with Crippen LogP contribution in [0.5, 0.6) is 0 Å². The number of benzene rings is 2. The van der Waals surface area contributed by atoms with E-state index in [1.807, 2.05) is 36.5 Å². The highest BCUT2D eigenvalue weighted by atomic mass is 16.3. The number of H-pyrrole nitrogens is 1. The molecule has 35 heavy (non-hydrogen) atoms. The summed E-state index contributed by atoms with van der Waals surface area (Å²) in [5, 5.41) is 19.0. The van der Waals surface area contributed by atoms with E-state index in [-0.39, 0.29) is 18.2 Å². The highest BCUT2D eigenvalue weighted by Crippen LogP contribution is 2.54. The third-order valence-electron chi connectivity index (χ3n) is 7.91. The maximum Gasteiger partial charge on any atom is 0.248 e. The minimum absolute atomic E-state index is 0.153. The molecule has 0 radical (unpaired) electrons. The molecule has 1 aromatic heterocycles. The van der Waals surface area contributed by atoms with Gasteiger partial charge in [0.25, 0.3) is 0 Å². The summed E-state index contributed by atoms with van der Waals surface area (Å²) >= 11 is 0. The minimum atomic E-state index is -1.31. The molecule has 180 valence electrons. The number of anilines is 1. The lowest BCUT2D eigenvalue weighted by Crippen LogP contribution is -2.69. The Bertz CT molecular complexity index is 1400. The Kier molecular flexibility index (Phi) is 4.67. The maximum absolute atomic E-state index is 13.8. The second-order valence-corrected chi connectivity index (χ2v) is 10.5. The highest BCUT2D eigenvalue weighted by molar-refractivity contribution is 6.01. The van der Waals surface area contributed by atoms with Gasteiger partial charge in [-0.05, 0) is 44.4 Å². The molecule has 6 rings (SSSR count). The summed E-state index contributed by atoms with van der Waals surface area (Å²) in [6.45, 7) is 5.92. The summed E-state index contributed by atoms with van der Waals surface area (Å²) in [6, 6.07) is 13.0. The number of aliphatic hydroxyl groups is 1. The molecular weight excluding hydrogens is 440 g/mol. The number of allylic oxidation sites excluding steroid dienone is 2. The molecule has 7 heteroatoms. The van der Waals surface area contributed by atoms with E-state index in [0.29, 0.717) is 6.42 Å². The molecule has 3 aliphatic heterocycles. The third-order valence-corrected chi connectivity index (χ3v) is 7.91. The number of para-hydroxylation sites is 2. The van der Waals surface area contributed by atoms with Gasteiger partial charge in [-0.2, -0.15) is 0 Å². The number of amides is 2. The van der Waals surface area contributed by atoms with Crippen molar-refractivity contribution in [1.82, 2.24) is 15.2 Å². The van der Waals surface area contributed by atoms with Crippen LogP contribution in [-0.4, -0.2) is 44.6 Å². The number of nitrogens with one attached hydrogen (secondary N) is 3. The molecule has 2 amide bonds. The van der Waals surface area contributed by atoms with Gasteiger partial charge < -0.3 is 25.6 Å². The molecule has 2 fully saturated rings. The van der Waals surface area contributed by atoms with Crippen LogP contribution in [0.3, 0.4) is 0 Å². The van der Waals surface area contributed by atoms with E-state index in [1.165, 1.54) is 11.1 Å². The quantitative estimate of drug-likeness (QED) is 0.440. The molecule has 4 heterocycles. The Hall–Kier alpha value is -3.58. The van der Waals surface area contributed by atoms with Gasteiger partial charge in [0.15, 0.2) is 0 Å². The number of hydrogen-bond donors (Lipinski definition) is 4. The van der Waals surface area contributed by atoms with Crippen LogP contribution in [0.4, 0.5) is 5.69 Å². The molecule has 2 saturated heterocycles. The van der Waals surface area contributed by atoms with Gasteiger partial charge in [0.05, 0.1) is 0 Å². The lowest BCUT2D eigenvalue weighted by Gasteiger charge is -2.43. The SMILES string of the molecule is CC(C)=CCc1cccc2c(CC3NC(=O)C4(C)CC5(O)c6ccccc6NC5N4C3=O)c[nH]c12. The number of aromatic amines is 1. The van der Waals surface area contributed by atoms with E-state index in [4.69, 9.17) is 0 Å². The fourth-order valence-electron chi connectivity index (χ4n) is 6.16. The predicted molar refractivity (Wildman–Crippen MR) is 135 cm³/mol. The van der Waals surface area contributed by atoms with E-state index >= 15 is 0 Å². The van der Waals surface area contributed by atoms with E-state index in [1.54, 1.807) is 11.8 Å². The molecular formula is C28H30N4O3. The summed E-state index contributed by atoms with van der Waals surface area (Å²) in [6.07, 6.45) is 4.82. The second-order valence-electron chi connectivity index (χ2n) is 10.5. The van der Waals surface area contributed by atoms with Crippen LogP contribution < -0.4 is 10.6 Å².